The Morgan fingerprint density at radius 2 is 1.18 bits per heavy atom. The van der Waals surface area contributed by atoms with Crippen LogP contribution in [0.15, 0.2) is 54.1 Å². The zero-order valence-electron chi connectivity index (χ0n) is 18.1. The van der Waals surface area contributed by atoms with Crippen molar-refractivity contribution in [2.45, 2.75) is 60.3 Å². The molecule has 0 spiro atoms. The molecule has 0 aromatic heterocycles. The first kappa shape index (κ1) is 22.1. The van der Waals surface area contributed by atoms with Crippen LogP contribution in [0.3, 0.4) is 0 Å². The van der Waals surface area contributed by atoms with Crippen LogP contribution >= 0.6 is 0 Å². The number of allylic oxidation sites excluding steroid dienone is 1. The summed E-state index contributed by atoms with van der Waals surface area (Å²) in [7, 11) is 0. The highest BCUT2D eigenvalue weighted by Crippen LogP contribution is 2.45. The van der Waals surface area contributed by atoms with Crippen molar-refractivity contribution in [3.05, 3.63) is 65.2 Å². The fourth-order valence-corrected chi connectivity index (χ4v) is 4.73. The van der Waals surface area contributed by atoms with E-state index >= 15 is 0 Å². The van der Waals surface area contributed by atoms with Gasteiger partial charge in [-0.1, -0.05) is 77.3 Å². The molecule has 0 radical (unpaired) electrons. The lowest BCUT2D eigenvalue weighted by Gasteiger charge is -2.36. The van der Waals surface area contributed by atoms with E-state index in [9.17, 15) is 10.2 Å². The Bertz CT molecular complexity index is 695. The van der Waals surface area contributed by atoms with Crippen LogP contribution in [-0.4, -0.2) is 10.2 Å². The van der Waals surface area contributed by atoms with E-state index in [1.54, 1.807) is 24.3 Å². The minimum Gasteiger partial charge on any atom is -0.508 e. The summed E-state index contributed by atoms with van der Waals surface area (Å²) in [6.07, 6.45) is 5.06. The van der Waals surface area contributed by atoms with Crippen molar-refractivity contribution >= 4 is 5.57 Å². The lowest BCUT2D eigenvalue weighted by atomic mass is 9.68. The summed E-state index contributed by atoms with van der Waals surface area (Å²) in [5.41, 5.74) is 5.04. The lowest BCUT2D eigenvalue weighted by Crippen LogP contribution is -2.24. The molecule has 2 aromatic rings. The number of phenolic OH excluding ortho intramolecular Hbond substituents is 2. The molecule has 0 heterocycles. The molecule has 2 unspecified atom stereocenters. The first-order chi connectivity index (χ1) is 13.5. The molecular formula is C26H36O2. The fourth-order valence-electron chi connectivity index (χ4n) is 4.73. The third-order valence-electron chi connectivity index (χ3n) is 5.73. The highest BCUT2D eigenvalue weighted by atomic mass is 16.3. The van der Waals surface area contributed by atoms with Gasteiger partial charge in [-0.15, -0.1) is 0 Å². The average Bonchev–Trinajstić information content (AvgIpc) is 2.68. The number of hydrogen-bond acceptors (Lipinski definition) is 2. The second-order valence-corrected chi connectivity index (χ2v) is 7.85. The van der Waals surface area contributed by atoms with Crippen molar-refractivity contribution in [1.82, 2.24) is 0 Å². The van der Waals surface area contributed by atoms with E-state index < -0.39 is 0 Å². The molecule has 2 atom stereocenters. The van der Waals surface area contributed by atoms with Gasteiger partial charge in [0.1, 0.15) is 11.5 Å². The van der Waals surface area contributed by atoms with Crippen molar-refractivity contribution in [1.29, 1.82) is 0 Å². The summed E-state index contributed by atoms with van der Waals surface area (Å²) in [4.78, 5) is 0. The molecule has 2 nitrogen and oxygen atoms in total. The molecule has 1 aliphatic carbocycles. The van der Waals surface area contributed by atoms with E-state index in [0.717, 1.165) is 17.0 Å². The van der Waals surface area contributed by atoms with Gasteiger partial charge >= 0.3 is 0 Å². The zero-order valence-corrected chi connectivity index (χ0v) is 18.1. The molecule has 28 heavy (non-hydrogen) atoms. The third kappa shape index (κ3) is 5.19. The Labute approximate surface area is 170 Å². The van der Waals surface area contributed by atoms with E-state index in [4.69, 9.17) is 0 Å². The van der Waals surface area contributed by atoms with Crippen LogP contribution < -0.4 is 0 Å². The Morgan fingerprint density at radius 3 is 1.54 bits per heavy atom. The van der Waals surface area contributed by atoms with Crippen LogP contribution in [0.25, 0.3) is 5.57 Å². The second kappa shape index (κ2) is 10.4. The van der Waals surface area contributed by atoms with Crippen LogP contribution in [0.1, 0.15) is 71.4 Å². The SMILES string of the molecule is CC.CCCC1CC(C)C(=C(c2ccc(O)cc2)c2ccc(O)cc2)C(C)C1. The Balaban J connectivity index is 0.00000136. The van der Waals surface area contributed by atoms with Crippen molar-refractivity contribution < 1.29 is 10.2 Å². The predicted molar refractivity (Wildman–Crippen MR) is 120 cm³/mol. The van der Waals surface area contributed by atoms with Crippen molar-refractivity contribution in [2.75, 3.05) is 0 Å². The van der Waals surface area contributed by atoms with E-state index in [2.05, 4.69) is 20.8 Å². The maximum Gasteiger partial charge on any atom is 0.115 e. The molecule has 0 bridgehead atoms. The van der Waals surface area contributed by atoms with Gasteiger partial charge in [-0.3, -0.25) is 0 Å². The molecular weight excluding hydrogens is 344 g/mol. The summed E-state index contributed by atoms with van der Waals surface area (Å²) < 4.78 is 0. The van der Waals surface area contributed by atoms with E-state index in [1.165, 1.54) is 36.8 Å². The molecule has 2 N–H and O–H groups in total. The van der Waals surface area contributed by atoms with Gasteiger partial charge in [0.15, 0.2) is 0 Å². The highest BCUT2D eigenvalue weighted by molar-refractivity contribution is 5.83. The number of benzene rings is 2. The molecule has 2 heteroatoms. The minimum absolute atomic E-state index is 0.288. The largest absolute Gasteiger partial charge is 0.508 e. The van der Waals surface area contributed by atoms with E-state index in [0.29, 0.717) is 11.8 Å². The standard InChI is InChI=1S/C24H30O2.C2H6/c1-4-5-18-14-16(2)23(17(3)15-18)24(19-6-10-21(25)11-7-19)20-8-12-22(26)13-9-20;1-2/h6-13,16-18,25-26H,4-5,14-15H2,1-3H3;1-2H3. The number of aromatic hydroxyl groups is 2. The first-order valence-electron chi connectivity index (χ1n) is 10.8. The molecule has 0 saturated heterocycles. The lowest BCUT2D eigenvalue weighted by molar-refractivity contribution is 0.277. The minimum atomic E-state index is 0.288. The van der Waals surface area contributed by atoms with Gasteiger partial charge in [0.25, 0.3) is 0 Å². The van der Waals surface area contributed by atoms with Gasteiger partial charge < -0.3 is 10.2 Å². The second-order valence-electron chi connectivity index (χ2n) is 7.85. The number of hydrogen-bond donors (Lipinski definition) is 2. The summed E-state index contributed by atoms with van der Waals surface area (Å²) in [5, 5.41) is 19.4. The topological polar surface area (TPSA) is 40.5 Å². The monoisotopic (exact) mass is 380 g/mol. The van der Waals surface area contributed by atoms with Crippen LogP contribution in [0.5, 0.6) is 11.5 Å². The zero-order chi connectivity index (χ0) is 20.7. The maximum absolute atomic E-state index is 9.70. The molecule has 3 rings (SSSR count). The Morgan fingerprint density at radius 1 is 0.786 bits per heavy atom. The van der Waals surface area contributed by atoms with Gasteiger partial charge in [-0.05, 0) is 71.6 Å². The maximum atomic E-state index is 9.70. The van der Waals surface area contributed by atoms with Crippen LogP contribution in [-0.2, 0) is 0 Å². The normalized spacial score (nSPS) is 21.6. The summed E-state index contributed by atoms with van der Waals surface area (Å²) in [6, 6.07) is 15.0. The van der Waals surface area contributed by atoms with Crippen LogP contribution in [0.4, 0.5) is 0 Å². The summed E-state index contributed by atoms with van der Waals surface area (Å²) in [5.74, 6) is 2.46. The molecule has 1 saturated carbocycles. The van der Waals surface area contributed by atoms with Gasteiger partial charge in [-0.2, -0.15) is 0 Å². The van der Waals surface area contributed by atoms with Crippen LogP contribution in [0, 0.1) is 17.8 Å². The number of rotatable bonds is 4. The predicted octanol–water partition coefficient (Wildman–Crippen LogP) is 7.41. The smallest absolute Gasteiger partial charge is 0.115 e. The molecule has 152 valence electrons. The Hall–Kier alpha value is -2.22. The van der Waals surface area contributed by atoms with E-state index in [-0.39, 0.29) is 11.5 Å². The molecule has 0 amide bonds. The van der Waals surface area contributed by atoms with Gasteiger partial charge in [0, 0.05) is 0 Å². The van der Waals surface area contributed by atoms with E-state index in [1.807, 2.05) is 38.1 Å². The van der Waals surface area contributed by atoms with Crippen molar-refractivity contribution in [2.24, 2.45) is 17.8 Å². The average molecular weight is 381 g/mol. The first-order valence-corrected chi connectivity index (χ1v) is 10.8. The fraction of sp³-hybridized carbons (Fsp3) is 0.462. The number of phenols is 2. The van der Waals surface area contributed by atoms with Crippen molar-refractivity contribution in [3.8, 4) is 11.5 Å². The summed E-state index contributed by atoms with van der Waals surface area (Å²) >= 11 is 0. The summed E-state index contributed by atoms with van der Waals surface area (Å²) in [6.45, 7) is 11.0. The molecule has 1 aliphatic rings. The van der Waals surface area contributed by atoms with Crippen molar-refractivity contribution in [3.63, 3.8) is 0 Å². The Kier molecular flexibility index (Phi) is 8.17. The third-order valence-corrected chi connectivity index (χ3v) is 5.73. The molecule has 1 fully saturated rings. The van der Waals surface area contributed by atoms with Gasteiger partial charge in [-0.25, -0.2) is 0 Å². The highest BCUT2D eigenvalue weighted by Gasteiger charge is 2.30. The van der Waals surface area contributed by atoms with Crippen LogP contribution in [0.2, 0.25) is 0 Å². The van der Waals surface area contributed by atoms with Gasteiger partial charge in [0.2, 0.25) is 0 Å². The molecule has 0 aliphatic heterocycles. The molecule has 2 aromatic carbocycles. The van der Waals surface area contributed by atoms with Gasteiger partial charge in [0.05, 0.1) is 0 Å². The quantitative estimate of drug-likeness (QED) is 0.580.